The fourth-order valence-electron chi connectivity index (χ4n) is 5.05. The number of carbonyl (C=O) groups excluding carboxylic acids is 1. The molecule has 0 spiro atoms. The number of nitrogens with zero attached hydrogens (tertiary/aromatic N) is 3. The van der Waals surface area contributed by atoms with Gasteiger partial charge in [0, 0.05) is 43.6 Å². The Kier molecular flexibility index (Phi) is 12.2. The van der Waals surface area contributed by atoms with E-state index >= 15 is 0 Å². The summed E-state index contributed by atoms with van der Waals surface area (Å²) in [5, 5.41) is 16.8. The Hall–Kier alpha value is -2.93. The summed E-state index contributed by atoms with van der Waals surface area (Å²) < 4.78 is 10.7. The largest absolute Gasteiger partial charge is 0.460 e. The summed E-state index contributed by atoms with van der Waals surface area (Å²) in [6.45, 7) is 9.57. The maximum Gasteiger partial charge on any atom is 0.307 e. The van der Waals surface area contributed by atoms with Gasteiger partial charge in [0.25, 0.3) is 0 Å². The van der Waals surface area contributed by atoms with Gasteiger partial charge >= 0.3 is 5.97 Å². The number of esters is 1. The lowest BCUT2D eigenvalue weighted by Gasteiger charge is -2.30. The number of nitrogens with one attached hydrogen (secondary N) is 2. The van der Waals surface area contributed by atoms with Crippen LogP contribution in [0.2, 0.25) is 5.02 Å². The van der Waals surface area contributed by atoms with E-state index in [-0.39, 0.29) is 17.6 Å². The van der Waals surface area contributed by atoms with E-state index < -0.39 is 5.41 Å². The normalized spacial score (nSPS) is 17.9. The summed E-state index contributed by atoms with van der Waals surface area (Å²) >= 11 is 6.19. The second kappa shape index (κ2) is 15.3. The molecule has 0 amide bonds. The number of ether oxygens (including phenoxy) is 2. The average molecular weight is 585 g/mol. The van der Waals surface area contributed by atoms with Crippen molar-refractivity contribution < 1.29 is 14.3 Å². The molecule has 2 aromatic rings. The first kappa shape index (κ1) is 32.6. The van der Waals surface area contributed by atoms with Gasteiger partial charge in [-0.15, -0.1) is 0 Å². The number of hydrogen-bond donors (Lipinski definition) is 3. The molecule has 41 heavy (non-hydrogen) atoms. The number of nitrogen functional groups attached to an aromatic ring is 1. The molecule has 1 aliphatic heterocycles. The van der Waals surface area contributed by atoms with Gasteiger partial charge in [0.1, 0.15) is 17.2 Å². The van der Waals surface area contributed by atoms with Crippen molar-refractivity contribution in [1.29, 1.82) is 5.26 Å². The van der Waals surface area contributed by atoms with E-state index in [9.17, 15) is 10.1 Å². The van der Waals surface area contributed by atoms with Gasteiger partial charge in [0.05, 0.1) is 28.6 Å². The zero-order valence-corrected chi connectivity index (χ0v) is 25.6. The lowest BCUT2D eigenvalue weighted by Crippen LogP contribution is -2.39. The van der Waals surface area contributed by atoms with Crippen molar-refractivity contribution in [1.82, 2.24) is 15.3 Å². The highest BCUT2D eigenvalue weighted by Crippen LogP contribution is 2.31. The Labute approximate surface area is 249 Å². The first-order valence-electron chi connectivity index (χ1n) is 14.6. The third-order valence-corrected chi connectivity index (χ3v) is 7.52. The third kappa shape index (κ3) is 11.1. The molecule has 10 heteroatoms. The highest BCUT2D eigenvalue weighted by molar-refractivity contribution is 6.33. The van der Waals surface area contributed by atoms with Crippen LogP contribution < -0.4 is 16.4 Å². The van der Waals surface area contributed by atoms with Crippen LogP contribution in [0.1, 0.15) is 79.1 Å². The van der Waals surface area contributed by atoms with Crippen LogP contribution >= 0.6 is 11.6 Å². The van der Waals surface area contributed by atoms with Crippen LogP contribution in [-0.4, -0.2) is 53.4 Å². The molecule has 3 heterocycles. The SMILES string of the molecule is CC(CC(=O)OC(C)(C)C)NC1CCCCC1.N#CC1(CNc2cccc(-c3cc(N)ncc3Cl)n2)CCOCC1. The maximum atomic E-state index is 11.6. The summed E-state index contributed by atoms with van der Waals surface area (Å²) in [5.74, 6) is 0.980. The van der Waals surface area contributed by atoms with Gasteiger partial charge in [0.15, 0.2) is 0 Å². The van der Waals surface area contributed by atoms with Crippen LogP contribution in [0.4, 0.5) is 11.6 Å². The number of nitriles is 1. The van der Waals surface area contributed by atoms with E-state index in [0.29, 0.717) is 54.6 Å². The van der Waals surface area contributed by atoms with Crippen LogP contribution in [-0.2, 0) is 14.3 Å². The molecular weight excluding hydrogens is 540 g/mol. The van der Waals surface area contributed by atoms with E-state index in [0.717, 1.165) is 18.4 Å². The molecule has 2 fully saturated rings. The molecule has 0 radical (unpaired) electrons. The maximum absolute atomic E-state index is 11.6. The van der Waals surface area contributed by atoms with Crippen LogP contribution in [0.3, 0.4) is 0 Å². The molecule has 4 rings (SSSR count). The second-order valence-electron chi connectivity index (χ2n) is 12.0. The topological polar surface area (TPSA) is 135 Å². The molecule has 2 aliphatic rings. The summed E-state index contributed by atoms with van der Waals surface area (Å²) in [5.41, 5.74) is 6.39. The lowest BCUT2D eigenvalue weighted by atomic mass is 9.82. The number of aromatic nitrogens is 2. The van der Waals surface area contributed by atoms with Gasteiger partial charge < -0.3 is 25.8 Å². The molecule has 1 atom stereocenters. The van der Waals surface area contributed by atoms with Gasteiger partial charge in [-0.2, -0.15) is 5.26 Å². The van der Waals surface area contributed by atoms with Crippen LogP contribution in [0, 0.1) is 16.7 Å². The van der Waals surface area contributed by atoms with E-state index in [1.54, 1.807) is 6.07 Å². The molecule has 224 valence electrons. The number of nitrogens with two attached hydrogens (primary N) is 1. The minimum absolute atomic E-state index is 0.103. The quantitative estimate of drug-likeness (QED) is 0.312. The zero-order valence-electron chi connectivity index (χ0n) is 24.8. The van der Waals surface area contributed by atoms with Gasteiger partial charge in [-0.3, -0.25) is 4.79 Å². The minimum Gasteiger partial charge on any atom is -0.460 e. The number of hydrogen-bond acceptors (Lipinski definition) is 9. The second-order valence-corrected chi connectivity index (χ2v) is 12.5. The number of rotatable bonds is 8. The van der Waals surface area contributed by atoms with Gasteiger partial charge in [-0.1, -0.05) is 36.9 Å². The Morgan fingerprint density at radius 2 is 1.98 bits per heavy atom. The van der Waals surface area contributed by atoms with Crippen molar-refractivity contribution in [2.24, 2.45) is 5.41 Å². The number of halogens is 1. The highest BCUT2D eigenvalue weighted by Gasteiger charge is 2.32. The van der Waals surface area contributed by atoms with E-state index in [1.807, 2.05) is 39.0 Å². The third-order valence-electron chi connectivity index (χ3n) is 7.21. The summed E-state index contributed by atoms with van der Waals surface area (Å²) in [6, 6.07) is 10.6. The van der Waals surface area contributed by atoms with Crippen LogP contribution in [0.15, 0.2) is 30.5 Å². The first-order chi connectivity index (χ1) is 19.5. The molecule has 2 aromatic heterocycles. The van der Waals surface area contributed by atoms with Gasteiger partial charge in [-0.25, -0.2) is 9.97 Å². The van der Waals surface area contributed by atoms with E-state index in [4.69, 9.17) is 26.8 Å². The fourth-order valence-corrected chi connectivity index (χ4v) is 5.25. The van der Waals surface area contributed by atoms with Crippen molar-refractivity contribution in [2.45, 2.75) is 96.7 Å². The van der Waals surface area contributed by atoms with Crippen molar-refractivity contribution in [2.75, 3.05) is 30.8 Å². The smallest absolute Gasteiger partial charge is 0.307 e. The highest BCUT2D eigenvalue weighted by atomic mass is 35.5. The number of anilines is 2. The molecule has 1 aliphatic carbocycles. The summed E-state index contributed by atoms with van der Waals surface area (Å²) in [6.07, 6.45) is 9.92. The molecule has 1 saturated carbocycles. The van der Waals surface area contributed by atoms with Crippen molar-refractivity contribution >= 4 is 29.2 Å². The lowest BCUT2D eigenvalue weighted by molar-refractivity contribution is -0.155. The fraction of sp³-hybridized carbons (Fsp3) is 0.613. The van der Waals surface area contributed by atoms with E-state index in [1.165, 1.54) is 38.3 Å². The summed E-state index contributed by atoms with van der Waals surface area (Å²) in [7, 11) is 0. The Bertz CT molecular complexity index is 1170. The van der Waals surface area contributed by atoms with Crippen LogP contribution in [0.25, 0.3) is 11.3 Å². The standard InChI is InChI=1S/C17H18ClN5O.C14H27NO2/c18-13-9-21-15(20)8-12(13)14-2-1-3-16(23-14)22-11-17(10-19)4-6-24-7-5-17;1-11(10-13(16)17-14(2,3)4)15-12-8-6-5-7-9-12/h1-3,8-9H,4-7,11H2,(H2,20,21)(H,22,23);11-12,15H,5-10H2,1-4H3. The molecular formula is C31H45ClN6O3. The average Bonchev–Trinajstić information content (AvgIpc) is 2.93. The predicted molar refractivity (Wildman–Crippen MR) is 163 cm³/mol. The molecule has 1 saturated heterocycles. The van der Waals surface area contributed by atoms with Crippen molar-refractivity contribution in [3.05, 3.63) is 35.5 Å². The van der Waals surface area contributed by atoms with Crippen molar-refractivity contribution in [3.8, 4) is 17.3 Å². The molecule has 0 aromatic carbocycles. The zero-order chi connectivity index (χ0) is 29.9. The minimum atomic E-state index is -0.408. The predicted octanol–water partition coefficient (Wildman–Crippen LogP) is 6.14. The van der Waals surface area contributed by atoms with E-state index in [2.05, 4.69) is 33.6 Å². The van der Waals surface area contributed by atoms with Crippen LogP contribution in [0.5, 0.6) is 0 Å². The van der Waals surface area contributed by atoms with Crippen molar-refractivity contribution in [3.63, 3.8) is 0 Å². The Morgan fingerprint density at radius 1 is 1.27 bits per heavy atom. The monoisotopic (exact) mass is 584 g/mol. The Morgan fingerprint density at radius 3 is 2.63 bits per heavy atom. The molecule has 0 bridgehead atoms. The van der Waals surface area contributed by atoms with Gasteiger partial charge in [0.2, 0.25) is 0 Å². The Balaban J connectivity index is 0.000000241. The first-order valence-corrected chi connectivity index (χ1v) is 15.0. The molecule has 4 N–H and O–H groups in total. The number of carbonyl (C=O) groups is 1. The molecule has 1 unspecified atom stereocenters. The summed E-state index contributed by atoms with van der Waals surface area (Å²) in [4.78, 5) is 20.2. The molecule has 9 nitrogen and oxygen atoms in total. The number of pyridine rings is 2. The van der Waals surface area contributed by atoms with Gasteiger partial charge in [-0.05, 0) is 71.6 Å².